The first-order chi connectivity index (χ1) is 12.0. The Balaban J connectivity index is 0.00000338. The summed E-state index contributed by atoms with van der Waals surface area (Å²) < 4.78 is 11.2. The number of guanidine groups is 1. The van der Waals surface area contributed by atoms with Crippen LogP contribution in [0.15, 0.2) is 47.5 Å². The summed E-state index contributed by atoms with van der Waals surface area (Å²) in [7, 11) is 0. The van der Waals surface area contributed by atoms with Crippen molar-refractivity contribution in [2.75, 3.05) is 11.9 Å². The van der Waals surface area contributed by atoms with Crippen molar-refractivity contribution in [1.82, 2.24) is 0 Å². The molecular weight excluding hydrogens is 441 g/mol. The lowest BCUT2D eigenvalue weighted by Crippen LogP contribution is -2.22. The summed E-state index contributed by atoms with van der Waals surface area (Å²) in [6, 6.07) is 13.7. The molecule has 0 atom stereocenters. The second-order valence-corrected chi connectivity index (χ2v) is 6.05. The Bertz CT molecular complexity index is 715. The number of halogens is 1. The molecule has 0 saturated carbocycles. The summed E-state index contributed by atoms with van der Waals surface area (Å²) in [5.41, 5.74) is 9.03. The molecule has 0 heterocycles. The van der Waals surface area contributed by atoms with E-state index in [1.807, 2.05) is 64.1 Å². The fraction of sp³-hybridized carbons (Fsp3) is 0.350. The van der Waals surface area contributed by atoms with Crippen LogP contribution in [0.2, 0.25) is 0 Å². The van der Waals surface area contributed by atoms with Crippen molar-refractivity contribution in [3.8, 4) is 11.5 Å². The van der Waals surface area contributed by atoms with E-state index in [-0.39, 0.29) is 30.1 Å². The highest BCUT2D eigenvalue weighted by atomic mass is 127. The van der Waals surface area contributed by atoms with E-state index in [1.54, 1.807) is 0 Å². The van der Waals surface area contributed by atoms with Crippen LogP contribution in [0.3, 0.4) is 0 Å². The molecule has 0 aromatic heterocycles. The molecule has 3 N–H and O–H groups in total. The molecule has 2 aromatic carbocycles. The largest absolute Gasteiger partial charge is 0.494 e. The number of anilines is 1. The van der Waals surface area contributed by atoms with Crippen molar-refractivity contribution < 1.29 is 9.47 Å². The van der Waals surface area contributed by atoms with Crippen LogP contribution >= 0.6 is 24.0 Å². The van der Waals surface area contributed by atoms with Gasteiger partial charge in [-0.1, -0.05) is 12.1 Å². The molecule has 0 amide bonds. The molecule has 2 aromatic rings. The average molecular weight is 469 g/mol. The van der Waals surface area contributed by atoms with Gasteiger partial charge in [-0.25, -0.2) is 4.99 Å². The van der Waals surface area contributed by atoms with Crippen LogP contribution in [0.5, 0.6) is 11.5 Å². The predicted octanol–water partition coefficient (Wildman–Crippen LogP) is 4.73. The predicted molar refractivity (Wildman–Crippen MR) is 119 cm³/mol. The lowest BCUT2D eigenvalue weighted by molar-refractivity contribution is 0.242. The van der Waals surface area contributed by atoms with Gasteiger partial charge in [-0.2, -0.15) is 0 Å². The molecular formula is C20H28IN3O2. The number of hydrogen-bond acceptors (Lipinski definition) is 3. The Morgan fingerprint density at radius 2 is 1.85 bits per heavy atom. The fourth-order valence-corrected chi connectivity index (χ4v) is 2.38. The molecule has 142 valence electrons. The number of hydrogen-bond donors (Lipinski definition) is 2. The van der Waals surface area contributed by atoms with E-state index in [9.17, 15) is 0 Å². The third-order valence-electron chi connectivity index (χ3n) is 3.47. The van der Waals surface area contributed by atoms with Crippen molar-refractivity contribution in [2.45, 2.75) is 40.3 Å². The maximum absolute atomic E-state index is 5.97. The van der Waals surface area contributed by atoms with Gasteiger partial charge in [0.15, 0.2) is 5.96 Å². The second-order valence-electron chi connectivity index (χ2n) is 6.05. The Kier molecular flexibility index (Phi) is 9.26. The number of benzene rings is 2. The molecule has 0 unspecified atom stereocenters. The smallest absolute Gasteiger partial charge is 0.193 e. The summed E-state index contributed by atoms with van der Waals surface area (Å²) in [6.45, 7) is 9.18. The standard InChI is InChI=1S/C20H27N3O2.HI/c1-5-24-19-11-6-16(12-15(19)4)13-22-20(21)23-17-7-9-18(10-8-17)25-14(2)3;/h6-12,14H,5,13H2,1-4H3,(H3,21,22,23);1H. The number of rotatable bonds is 7. The molecule has 26 heavy (non-hydrogen) atoms. The van der Waals surface area contributed by atoms with E-state index in [0.29, 0.717) is 19.1 Å². The minimum absolute atomic E-state index is 0. The highest BCUT2D eigenvalue weighted by Crippen LogP contribution is 2.20. The minimum atomic E-state index is 0. The van der Waals surface area contributed by atoms with Crippen LogP contribution in [0, 0.1) is 6.92 Å². The third kappa shape index (κ3) is 7.11. The van der Waals surface area contributed by atoms with Gasteiger partial charge >= 0.3 is 0 Å². The number of nitrogens with two attached hydrogens (primary N) is 1. The normalized spacial score (nSPS) is 11.0. The fourth-order valence-electron chi connectivity index (χ4n) is 2.38. The van der Waals surface area contributed by atoms with Crippen LogP contribution in [-0.2, 0) is 6.54 Å². The molecule has 0 aliphatic rings. The summed E-state index contributed by atoms with van der Waals surface area (Å²) in [5.74, 6) is 2.12. The van der Waals surface area contributed by atoms with Gasteiger partial charge in [0.2, 0.25) is 0 Å². The first-order valence-corrected chi connectivity index (χ1v) is 8.54. The SMILES string of the molecule is CCOc1ccc(CN=C(N)Nc2ccc(OC(C)C)cc2)cc1C.I. The Hall–Kier alpha value is -1.96. The van der Waals surface area contributed by atoms with Gasteiger partial charge in [0.1, 0.15) is 11.5 Å². The molecule has 0 saturated heterocycles. The zero-order valence-electron chi connectivity index (χ0n) is 15.8. The molecule has 0 spiro atoms. The molecule has 5 nitrogen and oxygen atoms in total. The lowest BCUT2D eigenvalue weighted by atomic mass is 10.1. The number of ether oxygens (including phenoxy) is 2. The van der Waals surface area contributed by atoms with E-state index in [2.05, 4.69) is 16.4 Å². The van der Waals surface area contributed by atoms with E-state index >= 15 is 0 Å². The van der Waals surface area contributed by atoms with Crippen LogP contribution in [0.25, 0.3) is 0 Å². The van der Waals surface area contributed by atoms with E-state index in [0.717, 1.165) is 28.3 Å². The van der Waals surface area contributed by atoms with Gasteiger partial charge in [-0.15, -0.1) is 24.0 Å². The van der Waals surface area contributed by atoms with Crippen LogP contribution in [-0.4, -0.2) is 18.7 Å². The quantitative estimate of drug-likeness (QED) is 0.350. The number of aryl methyl sites for hydroxylation is 1. The Morgan fingerprint density at radius 1 is 1.15 bits per heavy atom. The van der Waals surface area contributed by atoms with Gasteiger partial charge in [-0.05, 0) is 69.2 Å². The topological polar surface area (TPSA) is 68.9 Å². The van der Waals surface area contributed by atoms with Gasteiger partial charge in [0.05, 0.1) is 19.3 Å². The summed E-state index contributed by atoms with van der Waals surface area (Å²) >= 11 is 0. The zero-order chi connectivity index (χ0) is 18.2. The minimum Gasteiger partial charge on any atom is -0.494 e. The molecule has 0 aliphatic heterocycles. The van der Waals surface area contributed by atoms with Crippen molar-refractivity contribution in [3.05, 3.63) is 53.6 Å². The summed E-state index contributed by atoms with van der Waals surface area (Å²) in [5, 5.41) is 3.09. The highest BCUT2D eigenvalue weighted by Gasteiger charge is 2.02. The van der Waals surface area contributed by atoms with E-state index in [1.165, 1.54) is 0 Å². The van der Waals surface area contributed by atoms with Gasteiger partial charge in [-0.3, -0.25) is 0 Å². The Morgan fingerprint density at radius 3 is 2.42 bits per heavy atom. The average Bonchev–Trinajstić information content (AvgIpc) is 2.57. The monoisotopic (exact) mass is 469 g/mol. The first kappa shape index (κ1) is 22.1. The van der Waals surface area contributed by atoms with Gasteiger partial charge in [0, 0.05) is 5.69 Å². The van der Waals surface area contributed by atoms with Crippen molar-refractivity contribution >= 4 is 35.6 Å². The summed E-state index contributed by atoms with van der Waals surface area (Å²) in [6.07, 6.45) is 0.156. The van der Waals surface area contributed by atoms with E-state index in [4.69, 9.17) is 15.2 Å². The van der Waals surface area contributed by atoms with Gasteiger partial charge in [0.25, 0.3) is 0 Å². The van der Waals surface area contributed by atoms with Crippen LogP contribution < -0.4 is 20.5 Å². The molecule has 6 heteroatoms. The molecule has 0 fully saturated rings. The van der Waals surface area contributed by atoms with Crippen LogP contribution in [0.1, 0.15) is 31.9 Å². The maximum Gasteiger partial charge on any atom is 0.193 e. The molecule has 0 radical (unpaired) electrons. The highest BCUT2D eigenvalue weighted by molar-refractivity contribution is 14.0. The number of nitrogens with zero attached hydrogens (tertiary/aromatic N) is 1. The second kappa shape index (κ2) is 10.9. The summed E-state index contributed by atoms with van der Waals surface area (Å²) in [4.78, 5) is 4.39. The molecule has 2 rings (SSSR count). The molecule has 0 bridgehead atoms. The first-order valence-electron chi connectivity index (χ1n) is 8.54. The molecule has 0 aliphatic carbocycles. The van der Waals surface area contributed by atoms with Gasteiger partial charge < -0.3 is 20.5 Å². The maximum atomic E-state index is 5.97. The lowest BCUT2D eigenvalue weighted by Gasteiger charge is -2.11. The Labute approximate surface area is 173 Å². The van der Waals surface area contributed by atoms with Crippen molar-refractivity contribution in [1.29, 1.82) is 0 Å². The van der Waals surface area contributed by atoms with Crippen molar-refractivity contribution in [3.63, 3.8) is 0 Å². The van der Waals surface area contributed by atoms with E-state index < -0.39 is 0 Å². The number of aliphatic imine (C=N–C) groups is 1. The number of nitrogens with one attached hydrogen (secondary N) is 1. The van der Waals surface area contributed by atoms with Crippen LogP contribution in [0.4, 0.5) is 5.69 Å². The van der Waals surface area contributed by atoms with Crippen molar-refractivity contribution in [2.24, 2.45) is 10.7 Å². The zero-order valence-corrected chi connectivity index (χ0v) is 18.1. The third-order valence-corrected chi connectivity index (χ3v) is 3.47.